The highest BCUT2D eigenvalue weighted by molar-refractivity contribution is 6.99. The molecule has 1 fully saturated rings. The maximum absolute atomic E-state index is 13.7. The first-order valence-electron chi connectivity index (χ1n) is 13.2. The smallest absolute Gasteiger partial charge is 0.408 e. The van der Waals surface area contributed by atoms with Crippen LogP contribution in [0.4, 0.5) is 4.79 Å². The van der Waals surface area contributed by atoms with Crippen LogP contribution in [0.1, 0.15) is 55.4 Å². The SMILES string of the molecule is CC(C)(C)OC(=O)N[C@H](CO[Si](c1ccccc1)(c1ccccc1)C(C)(C)C)C(=O)C1C(=O)OC(C)(C)OC1=O. The molecule has 216 valence electrons. The minimum absolute atomic E-state index is 0.328. The Hall–Kier alpha value is -3.50. The van der Waals surface area contributed by atoms with E-state index in [0.717, 1.165) is 10.4 Å². The van der Waals surface area contributed by atoms with E-state index in [-0.39, 0.29) is 6.61 Å². The number of benzene rings is 2. The van der Waals surface area contributed by atoms with Gasteiger partial charge in [0.1, 0.15) is 11.6 Å². The second-order valence-corrected chi connectivity index (χ2v) is 16.6. The van der Waals surface area contributed by atoms with Crippen molar-refractivity contribution >= 4 is 42.5 Å². The lowest BCUT2D eigenvalue weighted by molar-refractivity contribution is -0.238. The number of nitrogens with one attached hydrogen (secondary N) is 1. The fraction of sp³-hybridized carbons (Fsp3) is 0.467. The monoisotopic (exact) mass is 569 g/mol. The fourth-order valence-corrected chi connectivity index (χ4v) is 9.34. The van der Waals surface area contributed by atoms with E-state index in [2.05, 4.69) is 26.1 Å². The predicted molar refractivity (Wildman–Crippen MR) is 151 cm³/mol. The number of ether oxygens (including phenoxy) is 3. The summed E-state index contributed by atoms with van der Waals surface area (Å²) in [5.74, 6) is -6.39. The number of hydrogen-bond donors (Lipinski definition) is 1. The summed E-state index contributed by atoms with van der Waals surface area (Å²) < 4.78 is 22.6. The van der Waals surface area contributed by atoms with Crippen LogP contribution in [0.3, 0.4) is 0 Å². The zero-order valence-corrected chi connectivity index (χ0v) is 25.4. The van der Waals surface area contributed by atoms with E-state index < -0.39 is 60.5 Å². The van der Waals surface area contributed by atoms with Crippen LogP contribution in [-0.4, -0.2) is 56.2 Å². The Morgan fingerprint density at radius 2 is 1.32 bits per heavy atom. The summed E-state index contributed by atoms with van der Waals surface area (Å²) in [6, 6.07) is 18.0. The number of ketones is 1. The molecule has 1 atom stereocenters. The highest BCUT2D eigenvalue weighted by atomic mass is 28.4. The molecule has 1 saturated heterocycles. The maximum atomic E-state index is 13.7. The Labute approximate surface area is 236 Å². The van der Waals surface area contributed by atoms with Gasteiger partial charge in [0, 0.05) is 13.8 Å². The van der Waals surface area contributed by atoms with Crippen LogP contribution in [0.25, 0.3) is 0 Å². The van der Waals surface area contributed by atoms with E-state index in [1.54, 1.807) is 20.8 Å². The van der Waals surface area contributed by atoms with Crippen molar-refractivity contribution in [1.82, 2.24) is 5.32 Å². The van der Waals surface area contributed by atoms with Crippen molar-refractivity contribution in [2.75, 3.05) is 6.61 Å². The van der Waals surface area contributed by atoms with Gasteiger partial charge in [-0.15, -0.1) is 0 Å². The summed E-state index contributed by atoms with van der Waals surface area (Å²) in [4.78, 5) is 52.1. The van der Waals surface area contributed by atoms with Crippen LogP contribution in [0.2, 0.25) is 5.04 Å². The van der Waals surface area contributed by atoms with Crippen molar-refractivity contribution in [1.29, 1.82) is 0 Å². The van der Waals surface area contributed by atoms with E-state index in [9.17, 15) is 19.2 Å². The van der Waals surface area contributed by atoms with Crippen molar-refractivity contribution in [3.05, 3.63) is 60.7 Å². The lowest BCUT2D eigenvalue weighted by Crippen LogP contribution is -2.68. The fourth-order valence-electron chi connectivity index (χ4n) is 4.77. The molecule has 0 aromatic heterocycles. The molecular weight excluding hydrogens is 530 g/mol. The van der Waals surface area contributed by atoms with E-state index in [1.165, 1.54) is 13.8 Å². The van der Waals surface area contributed by atoms with Crippen molar-refractivity contribution in [3.63, 3.8) is 0 Å². The second kappa shape index (κ2) is 11.5. The summed E-state index contributed by atoms with van der Waals surface area (Å²) in [6.07, 6.45) is -0.894. The molecule has 1 N–H and O–H groups in total. The van der Waals surface area contributed by atoms with Gasteiger partial charge in [0.05, 0.1) is 6.61 Å². The average Bonchev–Trinajstić information content (AvgIpc) is 2.81. The topological polar surface area (TPSA) is 117 Å². The van der Waals surface area contributed by atoms with Gasteiger partial charge >= 0.3 is 18.0 Å². The highest BCUT2D eigenvalue weighted by Crippen LogP contribution is 2.37. The number of esters is 2. The molecule has 1 amide bonds. The summed E-state index contributed by atoms with van der Waals surface area (Å²) >= 11 is 0. The number of carbonyl (C=O) groups is 4. The Morgan fingerprint density at radius 3 is 1.73 bits per heavy atom. The first-order chi connectivity index (χ1) is 18.5. The molecule has 10 heteroatoms. The van der Waals surface area contributed by atoms with Gasteiger partial charge in [0.2, 0.25) is 5.92 Å². The van der Waals surface area contributed by atoms with Gasteiger partial charge in [-0.1, -0.05) is 81.4 Å². The lowest BCUT2D eigenvalue weighted by atomic mass is 9.97. The Morgan fingerprint density at radius 1 is 0.875 bits per heavy atom. The molecule has 2 aromatic rings. The molecule has 0 bridgehead atoms. The Kier molecular flexibility index (Phi) is 8.95. The average molecular weight is 570 g/mol. The summed E-state index contributed by atoms with van der Waals surface area (Å²) in [5.41, 5.74) is -0.858. The third-order valence-electron chi connectivity index (χ3n) is 6.37. The standard InChI is InChI=1S/C30H39NO8Si/c1-28(2,3)39-27(35)31-22(24(32)23-25(33)37-30(7,8)38-26(23)34)19-36-40(29(4,5)6,20-15-11-9-12-16-20)21-17-13-10-14-18-21/h9-18,22-23H,19H2,1-8H3,(H,31,35)/t22-/m1/s1. The first kappa shape index (κ1) is 31.0. The maximum Gasteiger partial charge on any atom is 0.408 e. The van der Waals surface area contributed by atoms with Gasteiger partial charge in [-0.25, -0.2) is 4.79 Å². The number of rotatable bonds is 8. The number of alkyl carbamates (subject to hydrolysis) is 1. The molecule has 2 aromatic carbocycles. The number of Topliss-reactive ketones (excluding diaryl/α,β-unsaturated/α-hetero) is 1. The molecular formula is C30H39NO8Si. The first-order valence-corrected chi connectivity index (χ1v) is 15.1. The van der Waals surface area contributed by atoms with Crippen LogP contribution in [0.15, 0.2) is 60.7 Å². The van der Waals surface area contributed by atoms with E-state index in [0.29, 0.717) is 0 Å². The van der Waals surface area contributed by atoms with Gasteiger partial charge < -0.3 is 24.0 Å². The van der Waals surface area contributed by atoms with E-state index in [4.69, 9.17) is 18.6 Å². The second-order valence-electron chi connectivity index (χ2n) is 12.3. The third kappa shape index (κ3) is 6.97. The molecule has 0 saturated carbocycles. The molecule has 0 spiro atoms. The zero-order valence-electron chi connectivity index (χ0n) is 24.4. The quantitative estimate of drug-likeness (QED) is 0.292. The molecule has 0 radical (unpaired) electrons. The molecule has 40 heavy (non-hydrogen) atoms. The third-order valence-corrected chi connectivity index (χ3v) is 11.4. The molecule has 0 unspecified atom stereocenters. The molecule has 1 heterocycles. The van der Waals surface area contributed by atoms with Crippen LogP contribution >= 0.6 is 0 Å². The summed E-state index contributed by atoms with van der Waals surface area (Å²) in [5, 5.41) is 4.01. The predicted octanol–water partition coefficient (Wildman–Crippen LogP) is 3.48. The van der Waals surface area contributed by atoms with Crippen molar-refractivity contribution in [2.45, 2.75) is 77.9 Å². The van der Waals surface area contributed by atoms with Crippen LogP contribution in [0.5, 0.6) is 0 Å². The van der Waals surface area contributed by atoms with Gasteiger partial charge in [-0.05, 0) is 36.2 Å². The molecule has 9 nitrogen and oxygen atoms in total. The van der Waals surface area contributed by atoms with E-state index >= 15 is 0 Å². The number of carbonyl (C=O) groups excluding carboxylic acids is 4. The van der Waals surface area contributed by atoms with Gasteiger partial charge in [-0.3, -0.25) is 14.4 Å². The van der Waals surface area contributed by atoms with E-state index in [1.807, 2.05) is 60.7 Å². The lowest BCUT2D eigenvalue weighted by Gasteiger charge is -2.43. The molecule has 0 aliphatic carbocycles. The van der Waals surface area contributed by atoms with Crippen molar-refractivity contribution in [3.8, 4) is 0 Å². The largest absolute Gasteiger partial charge is 0.444 e. The van der Waals surface area contributed by atoms with Crippen LogP contribution in [0, 0.1) is 5.92 Å². The highest BCUT2D eigenvalue weighted by Gasteiger charge is 2.53. The van der Waals surface area contributed by atoms with Gasteiger partial charge in [-0.2, -0.15) is 0 Å². The van der Waals surface area contributed by atoms with Crippen LogP contribution < -0.4 is 15.7 Å². The zero-order chi connectivity index (χ0) is 29.9. The minimum atomic E-state index is -3.14. The van der Waals surface area contributed by atoms with Gasteiger partial charge in [0.15, 0.2) is 5.78 Å². The number of hydrogen-bond acceptors (Lipinski definition) is 8. The van der Waals surface area contributed by atoms with Crippen LogP contribution in [-0.2, 0) is 33.0 Å². The number of amides is 1. The number of cyclic esters (lactones) is 2. The Balaban J connectivity index is 2.05. The Bertz CT molecular complexity index is 1170. The van der Waals surface area contributed by atoms with Gasteiger partial charge in [0.25, 0.3) is 14.1 Å². The van der Waals surface area contributed by atoms with Crippen molar-refractivity contribution < 1.29 is 37.8 Å². The molecule has 3 rings (SSSR count). The summed E-state index contributed by atoms with van der Waals surface area (Å²) in [7, 11) is -3.14. The van der Waals surface area contributed by atoms with Crippen molar-refractivity contribution in [2.24, 2.45) is 5.92 Å². The molecule has 1 aliphatic rings. The normalized spacial score (nSPS) is 16.9. The minimum Gasteiger partial charge on any atom is -0.444 e. The summed E-state index contributed by atoms with van der Waals surface area (Å²) in [6.45, 7) is 13.7. The molecule has 1 aliphatic heterocycles.